The Bertz CT molecular complexity index is 451. The van der Waals surface area contributed by atoms with Gasteiger partial charge in [0, 0.05) is 18.0 Å². The van der Waals surface area contributed by atoms with Crippen molar-refractivity contribution in [2.75, 3.05) is 7.11 Å². The summed E-state index contributed by atoms with van der Waals surface area (Å²) in [6.07, 6.45) is 4.87. The number of ether oxygens (including phenoxy) is 1. The highest BCUT2D eigenvalue weighted by atomic mass is 32.1. The summed E-state index contributed by atoms with van der Waals surface area (Å²) in [6, 6.07) is 0.159. The molecule has 2 atom stereocenters. The number of methoxy groups -OCH3 is 1. The maximum absolute atomic E-state index is 6.30. The predicted molar refractivity (Wildman–Crippen MR) is 73.6 cm³/mol. The van der Waals surface area contributed by atoms with Crippen LogP contribution in [0, 0.1) is 11.3 Å². The largest absolute Gasteiger partial charge is 0.374 e. The van der Waals surface area contributed by atoms with Crippen LogP contribution in [0.1, 0.15) is 60.8 Å². The van der Waals surface area contributed by atoms with Crippen LogP contribution < -0.4 is 5.73 Å². The Hall–Kier alpha value is -0.450. The third kappa shape index (κ3) is 2.22. The van der Waals surface area contributed by atoms with Crippen LogP contribution in [0.15, 0.2) is 0 Å². The Labute approximate surface area is 113 Å². The zero-order chi connectivity index (χ0) is 12.9. The Morgan fingerprint density at radius 1 is 1.44 bits per heavy atom. The van der Waals surface area contributed by atoms with Gasteiger partial charge in [-0.3, -0.25) is 0 Å². The van der Waals surface area contributed by atoms with Gasteiger partial charge in [-0.25, -0.2) is 4.98 Å². The summed E-state index contributed by atoms with van der Waals surface area (Å²) >= 11 is 1.78. The SMILES string of the molecule is COC(c1nc2c(s1)C(N)CC(C)(C)C2)C1CC1. The van der Waals surface area contributed by atoms with Gasteiger partial charge in [0.2, 0.25) is 0 Å². The quantitative estimate of drug-likeness (QED) is 0.914. The van der Waals surface area contributed by atoms with Crippen LogP contribution in [0.5, 0.6) is 0 Å². The van der Waals surface area contributed by atoms with Crippen LogP contribution in [0.25, 0.3) is 0 Å². The number of hydrogen-bond donors (Lipinski definition) is 1. The van der Waals surface area contributed by atoms with Crippen molar-refractivity contribution in [3.8, 4) is 0 Å². The minimum atomic E-state index is 0.159. The highest BCUT2D eigenvalue weighted by Gasteiger charge is 2.38. The maximum atomic E-state index is 6.30. The van der Waals surface area contributed by atoms with E-state index in [1.54, 1.807) is 18.4 Å². The molecule has 1 aromatic rings. The minimum absolute atomic E-state index is 0.159. The number of rotatable bonds is 3. The van der Waals surface area contributed by atoms with Gasteiger partial charge in [-0.1, -0.05) is 13.8 Å². The summed E-state index contributed by atoms with van der Waals surface area (Å²) < 4.78 is 5.63. The van der Waals surface area contributed by atoms with Crippen molar-refractivity contribution in [1.82, 2.24) is 4.98 Å². The molecule has 4 heteroatoms. The molecule has 0 amide bonds. The van der Waals surface area contributed by atoms with E-state index in [4.69, 9.17) is 15.5 Å². The molecule has 3 rings (SSSR count). The average Bonchev–Trinajstić information content (AvgIpc) is 2.99. The number of aromatic nitrogens is 1. The van der Waals surface area contributed by atoms with Gasteiger partial charge in [0.25, 0.3) is 0 Å². The van der Waals surface area contributed by atoms with Gasteiger partial charge in [-0.15, -0.1) is 11.3 Å². The first-order chi connectivity index (χ1) is 8.50. The van der Waals surface area contributed by atoms with Crippen LogP contribution >= 0.6 is 11.3 Å². The first kappa shape index (κ1) is 12.6. The van der Waals surface area contributed by atoms with Gasteiger partial charge >= 0.3 is 0 Å². The summed E-state index contributed by atoms with van der Waals surface area (Å²) in [5.74, 6) is 0.687. The molecule has 0 spiro atoms. The number of fused-ring (bicyclic) bond motifs is 1. The Morgan fingerprint density at radius 3 is 2.78 bits per heavy atom. The van der Waals surface area contributed by atoms with Gasteiger partial charge < -0.3 is 10.5 Å². The molecule has 18 heavy (non-hydrogen) atoms. The van der Waals surface area contributed by atoms with E-state index in [0.717, 1.165) is 17.8 Å². The molecule has 0 aliphatic heterocycles. The molecular weight excluding hydrogens is 244 g/mol. The van der Waals surface area contributed by atoms with Crippen LogP contribution in [-0.2, 0) is 11.2 Å². The van der Waals surface area contributed by atoms with Crippen molar-refractivity contribution < 1.29 is 4.74 Å². The summed E-state index contributed by atoms with van der Waals surface area (Å²) in [6.45, 7) is 4.56. The number of thiazole rings is 1. The van der Waals surface area contributed by atoms with Crippen molar-refractivity contribution >= 4 is 11.3 Å². The van der Waals surface area contributed by atoms with Crippen molar-refractivity contribution in [3.05, 3.63) is 15.6 Å². The fraction of sp³-hybridized carbons (Fsp3) is 0.786. The molecule has 0 saturated heterocycles. The summed E-state index contributed by atoms with van der Waals surface area (Å²) in [7, 11) is 1.80. The molecule has 1 saturated carbocycles. The van der Waals surface area contributed by atoms with Gasteiger partial charge in [0.1, 0.15) is 11.1 Å². The zero-order valence-electron chi connectivity index (χ0n) is 11.4. The van der Waals surface area contributed by atoms with Crippen molar-refractivity contribution in [2.45, 2.75) is 51.7 Å². The van der Waals surface area contributed by atoms with Crippen molar-refractivity contribution in [2.24, 2.45) is 17.1 Å². The summed E-state index contributed by atoms with van der Waals surface area (Å²) in [5, 5.41) is 1.15. The van der Waals surface area contributed by atoms with Gasteiger partial charge in [-0.05, 0) is 37.0 Å². The zero-order valence-corrected chi connectivity index (χ0v) is 12.2. The van der Waals surface area contributed by atoms with Crippen LogP contribution in [0.4, 0.5) is 0 Å². The monoisotopic (exact) mass is 266 g/mol. The highest BCUT2D eigenvalue weighted by Crippen LogP contribution is 2.47. The maximum Gasteiger partial charge on any atom is 0.122 e. The van der Waals surface area contributed by atoms with E-state index < -0.39 is 0 Å². The molecule has 2 N–H and O–H groups in total. The lowest BCUT2D eigenvalue weighted by molar-refractivity contribution is 0.0841. The van der Waals surface area contributed by atoms with E-state index >= 15 is 0 Å². The van der Waals surface area contributed by atoms with E-state index in [1.165, 1.54) is 23.4 Å². The Morgan fingerprint density at radius 2 is 2.17 bits per heavy atom. The molecule has 1 aromatic heterocycles. The smallest absolute Gasteiger partial charge is 0.122 e. The number of hydrogen-bond acceptors (Lipinski definition) is 4. The standard InChI is InChI=1S/C14H22N2OS/c1-14(2)6-9(15)12-10(7-14)16-13(18-12)11(17-3)8-4-5-8/h8-9,11H,4-7,15H2,1-3H3. The van der Waals surface area contributed by atoms with E-state index in [1.807, 2.05) is 0 Å². The molecule has 1 fully saturated rings. The lowest BCUT2D eigenvalue weighted by Crippen LogP contribution is -2.28. The highest BCUT2D eigenvalue weighted by molar-refractivity contribution is 7.11. The Balaban J connectivity index is 1.91. The third-order valence-electron chi connectivity index (χ3n) is 4.05. The average molecular weight is 266 g/mol. The molecule has 0 radical (unpaired) electrons. The van der Waals surface area contributed by atoms with Gasteiger partial charge in [0.05, 0.1) is 5.69 Å². The van der Waals surface area contributed by atoms with Crippen molar-refractivity contribution in [1.29, 1.82) is 0 Å². The molecule has 0 aromatic carbocycles. The molecule has 2 unspecified atom stereocenters. The van der Waals surface area contributed by atoms with Gasteiger partial charge in [0.15, 0.2) is 0 Å². The van der Waals surface area contributed by atoms with E-state index in [0.29, 0.717) is 5.92 Å². The molecule has 100 valence electrons. The van der Waals surface area contributed by atoms with Crippen LogP contribution in [-0.4, -0.2) is 12.1 Å². The molecular formula is C14H22N2OS. The molecule has 1 heterocycles. The fourth-order valence-corrected chi connectivity index (χ4v) is 4.28. The second-order valence-electron chi connectivity index (χ2n) is 6.51. The van der Waals surface area contributed by atoms with Crippen LogP contribution in [0.3, 0.4) is 0 Å². The summed E-state index contributed by atoms with van der Waals surface area (Å²) in [5.41, 5.74) is 7.80. The van der Waals surface area contributed by atoms with E-state index in [9.17, 15) is 0 Å². The molecule has 3 nitrogen and oxygen atoms in total. The van der Waals surface area contributed by atoms with Gasteiger partial charge in [-0.2, -0.15) is 0 Å². The third-order valence-corrected chi connectivity index (χ3v) is 5.34. The second-order valence-corrected chi connectivity index (χ2v) is 7.57. The van der Waals surface area contributed by atoms with Crippen molar-refractivity contribution in [3.63, 3.8) is 0 Å². The second kappa shape index (κ2) is 4.29. The topological polar surface area (TPSA) is 48.1 Å². The Kier molecular flexibility index (Phi) is 3.00. The molecule has 0 bridgehead atoms. The number of nitrogens with two attached hydrogens (primary N) is 1. The number of nitrogens with zero attached hydrogens (tertiary/aromatic N) is 1. The van der Waals surface area contributed by atoms with E-state index in [2.05, 4.69) is 13.8 Å². The predicted octanol–water partition coefficient (Wildman–Crippen LogP) is 3.21. The minimum Gasteiger partial charge on any atom is -0.374 e. The first-order valence-corrected chi connectivity index (χ1v) is 7.60. The first-order valence-electron chi connectivity index (χ1n) is 6.78. The molecule has 2 aliphatic carbocycles. The lowest BCUT2D eigenvalue weighted by Gasteiger charge is -2.32. The summed E-state index contributed by atoms with van der Waals surface area (Å²) in [4.78, 5) is 6.14. The fourth-order valence-electron chi connectivity index (χ4n) is 3.03. The van der Waals surface area contributed by atoms with E-state index in [-0.39, 0.29) is 17.6 Å². The van der Waals surface area contributed by atoms with Crippen LogP contribution in [0.2, 0.25) is 0 Å². The molecule has 2 aliphatic rings. The lowest BCUT2D eigenvalue weighted by atomic mass is 9.77. The normalized spacial score (nSPS) is 27.9.